The number of nitrogens with one attached hydrogen (secondary N) is 1. The Morgan fingerprint density at radius 2 is 1.85 bits per heavy atom. The normalized spacial score (nSPS) is 15.0. The van der Waals surface area contributed by atoms with E-state index in [0.29, 0.717) is 48.6 Å². The molecule has 180 valence electrons. The summed E-state index contributed by atoms with van der Waals surface area (Å²) in [5, 5.41) is 3.68. The Bertz CT molecular complexity index is 1090. The minimum atomic E-state index is -0.267. The van der Waals surface area contributed by atoms with Gasteiger partial charge in [-0.05, 0) is 61.0 Å². The van der Waals surface area contributed by atoms with Crippen molar-refractivity contribution in [3.8, 4) is 22.8 Å². The van der Waals surface area contributed by atoms with Crippen molar-refractivity contribution in [1.29, 1.82) is 0 Å². The van der Waals surface area contributed by atoms with E-state index >= 15 is 0 Å². The fourth-order valence-electron chi connectivity index (χ4n) is 4.02. The van der Waals surface area contributed by atoms with E-state index in [4.69, 9.17) is 30.2 Å². The first kappa shape index (κ1) is 24.1. The summed E-state index contributed by atoms with van der Waals surface area (Å²) in [6.45, 7) is 5.76. The van der Waals surface area contributed by atoms with Crippen molar-refractivity contribution < 1.29 is 23.4 Å². The number of nitrogens with zero attached hydrogens (tertiary/aromatic N) is 1. The van der Waals surface area contributed by atoms with Gasteiger partial charge in [0.1, 0.15) is 5.76 Å². The molecule has 0 saturated carbocycles. The number of hydrogen-bond donors (Lipinski definition) is 1. The van der Waals surface area contributed by atoms with Crippen LogP contribution in [-0.4, -0.2) is 57.4 Å². The number of furan rings is 1. The summed E-state index contributed by atoms with van der Waals surface area (Å²) in [6.07, 6.45) is 0. The van der Waals surface area contributed by atoms with Crippen LogP contribution in [0.4, 0.5) is 0 Å². The van der Waals surface area contributed by atoms with Gasteiger partial charge in [0.2, 0.25) is 0 Å². The van der Waals surface area contributed by atoms with Crippen molar-refractivity contribution in [2.45, 2.75) is 13.0 Å². The van der Waals surface area contributed by atoms with Gasteiger partial charge >= 0.3 is 0 Å². The molecule has 0 aliphatic carbocycles. The van der Waals surface area contributed by atoms with Crippen LogP contribution in [0.2, 0.25) is 5.02 Å². The summed E-state index contributed by atoms with van der Waals surface area (Å²) in [5.41, 5.74) is 1.89. The van der Waals surface area contributed by atoms with Crippen molar-refractivity contribution in [3.05, 3.63) is 70.9 Å². The average Bonchev–Trinajstić information content (AvgIpc) is 3.36. The lowest BCUT2D eigenvalue weighted by Gasteiger charge is -2.35. The van der Waals surface area contributed by atoms with Gasteiger partial charge in [0, 0.05) is 30.2 Å². The maximum absolute atomic E-state index is 12.9. The number of rotatable bonds is 9. The van der Waals surface area contributed by atoms with Crippen LogP contribution in [0.5, 0.6) is 11.5 Å². The zero-order valence-corrected chi connectivity index (χ0v) is 20.1. The minimum Gasteiger partial charge on any atom is -0.493 e. The summed E-state index contributed by atoms with van der Waals surface area (Å²) in [7, 11) is 1.63. The molecule has 1 saturated heterocycles. The summed E-state index contributed by atoms with van der Waals surface area (Å²) in [5.74, 6) is 1.97. The Kier molecular flexibility index (Phi) is 8.11. The van der Waals surface area contributed by atoms with E-state index in [-0.39, 0.29) is 17.7 Å². The molecule has 1 unspecified atom stereocenters. The molecule has 0 spiro atoms. The highest BCUT2D eigenvalue weighted by molar-refractivity contribution is 6.30. The molecule has 0 bridgehead atoms. The lowest BCUT2D eigenvalue weighted by atomic mass is 10.0. The van der Waals surface area contributed by atoms with Crippen molar-refractivity contribution in [2.24, 2.45) is 0 Å². The molecule has 1 amide bonds. The second kappa shape index (κ2) is 11.4. The summed E-state index contributed by atoms with van der Waals surface area (Å²) >= 11 is 5.96. The third kappa shape index (κ3) is 5.73. The number of halogens is 1. The van der Waals surface area contributed by atoms with Gasteiger partial charge in [0.05, 0.1) is 33.0 Å². The predicted molar refractivity (Wildman–Crippen MR) is 131 cm³/mol. The molecular formula is C26H29ClN2O5. The van der Waals surface area contributed by atoms with Gasteiger partial charge in [-0.25, -0.2) is 0 Å². The Morgan fingerprint density at radius 3 is 2.56 bits per heavy atom. The molecule has 3 aromatic rings. The molecule has 4 rings (SSSR count). The van der Waals surface area contributed by atoms with Gasteiger partial charge in [0.15, 0.2) is 17.3 Å². The maximum Gasteiger partial charge on any atom is 0.287 e. The van der Waals surface area contributed by atoms with Crippen molar-refractivity contribution in [2.75, 3.05) is 46.6 Å². The van der Waals surface area contributed by atoms with Crippen LogP contribution < -0.4 is 14.8 Å². The topological polar surface area (TPSA) is 73.2 Å². The van der Waals surface area contributed by atoms with Crippen LogP contribution in [0.1, 0.15) is 29.1 Å². The molecule has 2 heterocycles. The number of ether oxygens (including phenoxy) is 3. The molecule has 1 aliphatic heterocycles. The largest absolute Gasteiger partial charge is 0.493 e. The maximum atomic E-state index is 12.9. The smallest absolute Gasteiger partial charge is 0.287 e. The predicted octanol–water partition coefficient (Wildman–Crippen LogP) is 4.81. The van der Waals surface area contributed by atoms with Gasteiger partial charge in [-0.2, -0.15) is 0 Å². The lowest BCUT2D eigenvalue weighted by Crippen LogP contribution is -2.43. The average molecular weight is 485 g/mol. The van der Waals surface area contributed by atoms with Crippen LogP contribution in [0.15, 0.2) is 59.0 Å². The van der Waals surface area contributed by atoms with E-state index in [2.05, 4.69) is 10.2 Å². The van der Waals surface area contributed by atoms with Gasteiger partial charge in [-0.3, -0.25) is 9.69 Å². The van der Waals surface area contributed by atoms with Crippen LogP contribution in [-0.2, 0) is 4.74 Å². The number of morpholine rings is 1. The number of methoxy groups -OCH3 is 1. The van der Waals surface area contributed by atoms with E-state index in [1.54, 1.807) is 31.4 Å². The first-order valence-electron chi connectivity index (χ1n) is 11.4. The third-order valence-electron chi connectivity index (χ3n) is 5.77. The van der Waals surface area contributed by atoms with Crippen molar-refractivity contribution >= 4 is 17.5 Å². The Morgan fingerprint density at radius 1 is 1.09 bits per heavy atom. The van der Waals surface area contributed by atoms with E-state index in [9.17, 15) is 4.79 Å². The standard InChI is InChI=1S/C26H29ClN2O5/c1-3-33-23-9-6-19(16-25(23)31-2)21(29-12-14-32-15-13-29)17-28-26(30)24-11-10-22(34-24)18-4-7-20(27)8-5-18/h4-11,16,21H,3,12-15,17H2,1-2H3,(H,28,30). The highest BCUT2D eigenvalue weighted by Gasteiger charge is 2.25. The van der Waals surface area contributed by atoms with Crippen LogP contribution in [0.25, 0.3) is 11.3 Å². The first-order valence-corrected chi connectivity index (χ1v) is 11.7. The minimum absolute atomic E-state index is 0.0527. The highest BCUT2D eigenvalue weighted by Crippen LogP contribution is 2.32. The van der Waals surface area contributed by atoms with Gasteiger partial charge in [-0.1, -0.05) is 17.7 Å². The van der Waals surface area contributed by atoms with E-state index in [1.807, 2.05) is 37.3 Å². The molecule has 1 atom stereocenters. The van der Waals surface area contributed by atoms with Crippen molar-refractivity contribution in [1.82, 2.24) is 10.2 Å². The zero-order chi connectivity index (χ0) is 23.9. The van der Waals surface area contributed by atoms with Crippen molar-refractivity contribution in [3.63, 3.8) is 0 Å². The Balaban J connectivity index is 1.50. The Hall–Kier alpha value is -3.00. The molecule has 1 N–H and O–H groups in total. The van der Waals surface area contributed by atoms with E-state index in [0.717, 1.165) is 24.2 Å². The first-order chi connectivity index (χ1) is 16.6. The monoisotopic (exact) mass is 484 g/mol. The molecule has 1 aromatic heterocycles. The van der Waals surface area contributed by atoms with Gasteiger partial charge < -0.3 is 23.9 Å². The number of carbonyl (C=O) groups excluding carboxylic acids is 1. The molecule has 2 aromatic carbocycles. The second-order valence-corrected chi connectivity index (χ2v) is 8.32. The van der Waals surface area contributed by atoms with Gasteiger partial charge in [-0.15, -0.1) is 0 Å². The number of hydrogen-bond acceptors (Lipinski definition) is 6. The van der Waals surface area contributed by atoms with Gasteiger partial charge in [0.25, 0.3) is 5.91 Å². The SMILES string of the molecule is CCOc1ccc(C(CNC(=O)c2ccc(-c3ccc(Cl)cc3)o2)N2CCOCC2)cc1OC. The van der Waals surface area contributed by atoms with Crippen LogP contribution >= 0.6 is 11.6 Å². The number of benzene rings is 2. The van der Waals surface area contributed by atoms with E-state index < -0.39 is 0 Å². The summed E-state index contributed by atoms with van der Waals surface area (Å²) in [6, 6.07) is 16.6. The molecule has 1 fully saturated rings. The third-order valence-corrected chi connectivity index (χ3v) is 6.03. The molecular weight excluding hydrogens is 456 g/mol. The number of amides is 1. The summed E-state index contributed by atoms with van der Waals surface area (Å²) < 4.78 is 22.5. The zero-order valence-electron chi connectivity index (χ0n) is 19.4. The molecule has 0 radical (unpaired) electrons. The molecule has 1 aliphatic rings. The summed E-state index contributed by atoms with van der Waals surface area (Å²) in [4.78, 5) is 15.2. The highest BCUT2D eigenvalue weighted by atomic mass is 35.5. The molecule has 34 heavy (non-hydrogen) atoms. The lowest BCUT2D eigenvalue weighted by molar-refractivity contribution is 0.0161. The van der Waals surface area contributed by atoms with Crippen LogP contribution in [0.3, 0.4) is 0 Å². The number of carbonyl (C=O) groups is 1. The van der Waals surface area contributed by atoms with Crippen LogP contribution in [0, 0.1) is 0 Å². The molecule has 7 nitrogen and oxygen atoms in total. The fourth-order valence-corrected chi connectivity index (χ4v) is 4.14. The Labute approximate surface area is 204 Å². The second-order valence-electron chi connectivity index (χ2n) is 7.89. The fraction of sp³-hybridized carbons (Fsp3) is 0.346. The quantitative estimate of drug-likeness (QED) is 0.470. The van der Waals surface area contributed by atoms with E-state index in [1.165, 1.54) is 0 Å². The molecule has 8 heteroatoms.